The topological polar surface area (TPSA) is 35.6 Å². The van der Waals surface area contributed by atoms with E-state index in [0.29, 0.717) is 0 Å². The molecule has 0 radical (unpaired) electrons. The Kier molecular flexibility index (Phi) is 10.5. The largest absolute Gasteiger partial charge is 0.309 e. The number of fused-ring (bicyclic) bond motifs is 6. The molecule has 0 aliphatic rings. The molecule has 4 nitrogen and oxygen atoms in total. The lowest BCUT2D eigenvalue weighted by Crippen LogP contribution is -1.95. The highest BCUT2D eigenvalue weighted by Crippen LogP contribution is 2.40. The zero-order chi connectivity index (χ0) is 49.0. The van der Waals surface area contributed by atoms with Crippen molar-refractivity contribution in [2.75, 3.05) is 0 Å². The molecule has 10 aromatic carbocycles. The molecular formula is C70H46N4. The highest BCUT2D eigenvalue weighted by atomic mass is 15.0. The molecule has 74 heavy (non-hydrogen) atoms. The molecule has 0 amide bonds. The van der Waals surface area contributed by atoms with Gasteiger partial charge in [0.1, 0.15) is 0 Å². The van der Waals surface area contributed by atoms with Gasteiger partial charge in [0, 0.05) is 56.4 Å². The van der Waals surface area contributed by atoms with Crippen LogP contribution in [0.3, 0.4) is 0 Å². The van der Waals surface area contributed by atoms with Gasteiger partial charge in [-0.1, -0.05) is 170 Å². The second kappa shape index (κ2) is 18.1. The summed E-state index contributed by atoms with van der Waals surface area (Å²) in [7, 11) is 0. The van der Waals surface area contributed by atoms with Crippen LogP contribution in [0.4, 0.5) is 0 Å². The van der Waals surface area contributed by atoms with Gasteiger partial charge in [0.05, 0.1) is 33.5 Å². The van der Waals surface area contributed by atoms with Crippen molar-refractivity contribution in [2.45, 2.75) is 0 Å². The number of hydrogen-bond donors (Lipinski definition) is 0. The first kappa shape index (κ1) is 42.9. The third-order valence-corrected chi connectivity index (χ3v) is 14.7. The van der Waals surface area contributed by atoms with Gasteiger partial charge < -0.3 is 9.13 Å². The highest BCUT2D eigenvalue weighted by molar-refractivity contribution is 6.13. The number of pyridine rings is 2. The molecule has 0 saturated carbocycles. The molecule has 0 spiro atoms. The van der Waals surface area contributed by atoms with E-state index in [1.165, 1.54) is 88.1 Å². The number of aromatic nitrogens is 4. The Morgan fingerprint density at radius 2 is 0.459 bits per heavy atom. The standard InChI is InChI=1S/C70H46N4/c1-5-13-47(14-6-1)53-25-33-67-61(41-53)62-42-54(48-15-7-2-8-16-48)26-34-68(62)73(67)59-29-21-51(22-30-59)65-45-57(37-39-71-65)58-38-40-72-66(46-58)52-23-31-60(32-24-52)74-69-35-27-55(49-17-9-3-10-18-49)43-63(69)64-44-56(28-36-70(64)74)50-19-11-4-12-20-50/h1-46H. The van der Waals surface area contributed by atoms with E-state index in [9.17, 15) is 0 Å². The van der Waals surface area contributed by atoms with Crippen LogP contribution in [0.25, 0.3) is 133 Å². The minimum absolute atomic E-state index is 0.914. The number of nitrogens with zero attached hydrogens (tertiary/aromatic N) is 4. The Labute approximate surface area is 429 Å². The summed E-state index contributed by atoms with van der Waals surface area (Å²) < 4.78 is 4.78. The second-order valence-electron chi connectivity index (χ2n) is 19.0. The molecule has 4 aromatic heterocycles. The van der Waals surface area contributed by atoms with Gasteiger partial charge in [-0.3, -0.25) is 9.97 Å². The molecule has 0 fully saturated rings. The molecule has 14 aromatic rings. The molecule has 4 heteroatoms. The van der Waals surface area contributed by atoms with Crippen molar-refractivity contribution >= 4 is 43.6 Å². The third kappa shape index (κ3) is 7.65. The molecule has 14 rings (SSSR count). The Balaban J connectivity index is 0.775. The summed E-state index contributed by atoms with van der Waals surface area (Å²) >= 11 is 0. The number of hydrogen-bond acceptors (Lipinski definition) is 2. The maximum Gasteiger partial charge on any atom is 0.0708 e. The van der Waals surface area contributed by atoms with E-state index in [0.717, 1.165) is 45.0 Å². The van der Waals surface area contributed by atoms with E-state index in [-0.39, 0.29) is 0 Å². The van der Waals surface area contributed by atoms with Crippen LogP contribution in [0.5, 0.6) is 0 Å². The average Bonchev–Trinajstić information content (AvgIpc) is 4.02. The van der Waals surface area contributed by atoms with Crippen molar-refractivity contribution in [3.8, 4) is 89.5 Å². The summed E-state index contributed by atoms with van der Waals surface area (Å²) in [6.45, 7) is 0. The van der Waals surface area contributed by atoms with Gasteiger partial charge in [0.25, 0.3) is 0 Å². The summed E-state index contributed by atoms with van der Waals surface area (Å²) in [5.41, 5.74) is 22.6. The van der Waals surface area contributed by atoms with Crippen LogP contribution in [-0.4, -0.2) is 19.1 Å². The summed E-state index contributed by atoms with van der Waals surface area (Å²) in [6, 6.07) is 96.1. The predicted molar refractivity (Wildman–Crippen MR) is 309 cm³/mol. The molecule has 0 aliphatic heterocycles. The predicted octanol–water partition coefficient (Wildman–Crippen LogP) is 18.3. The Bertz CT molecular complexity index is 3890. The average molecular weight is 943 g/mol. The molecule has 0 atom stereocenters. The zero-order valence-electron chi connectivity index (χ0n) is 40.3. The maximum absolute atomic E-state index is 4.88. The molecule has 0 bridgehead atoms. The Morgan fingerprint density at radius 1 is 0.203 bits per heavy atom. The lowest BCUT2D eigenvalue weighted by molar-refractivity contribution is 1.18. The normalized spacial score (nSPS) is 11.5. The second-order valence-corrected chi connectivity index (χ2v) is 19.0. The monoisotopic (exact) mass is 942 g/mol. The number of benzene rings is 10. The van der Waals surface area contributed by atoms with Crippen LogP contribution >= 0.6 is 0 Å². The van der Waals surface area contributed by atoms with Gasteiger partial charge in [-0.25, -0.2) is 0 Å². The smallest absolute Gasteiger partial charge is 0.0708 e. The van der Waals surface area contributed by atoms with Crippen LogP contribution in [0.2, 0.25) is 0 Å². The van der Waals surface area contributed by atoms with E-state index in [1.54, 1.807) is 0 Å². The van der Waals surface area contributed by atoms with Crippen LogP contribution in [0.15, 0.2) is 279 Å². The van der Waals surface area contributed by atoms with Crippen LogP contribution in [0, 0.1) is 0 Å². The van der Waals surface area contributed by atoms with Crippen LogP contribution in [0.1, 0.15) is 0 Å². The Morgan fingerprint density at radius 3 is 0.743 bits per heavy atom. The van der Waals surface area contributed by atoms with Crippen LogP contribution in [-0.2, 0) is 0 Å². The molecule has 0 aliphatic carbocycles. The van der Waals surface area contributed by atoms with Crippen LogP contribution < -0.4 is 0 Å². The molecule has 0 N–H and O–H groups in total. The van der Waals surface area contributed by atoms with Gasteiger partial charge in [-0.2, -0.15) is 0 Å². The first-order chi connectivity index (χ1) is 36.7. The summed E-state index contributed by atoms with van der Waals surface area (Å²) in [5.74, 6) is 0. The summed E-state index contributed by atoms with van der Waals surface area (Å²) in [4.78, 5) is 9.76. The van der Waals surface area contributed by atoms with E-state index in [4.69, 9.17) is 9.97 Å². The van der Waals surface area contributed by atoms with E-state index < -0.39 is 0 Å². The third-order valence-electron chi connectivity index (χ3n) is 14.7. The fraction of sp³-hybridized carbons (Fsp3) is 0. The maximum atomic E-state index is 4.88. The fourth-order valence-electron chi connectivity index (χ4n) is 10.9. The van der Waals surface area contributed by atoms with E-state index in [1.807, 2.05) is 12.4 Å². The molecule has 4 heterocycles. The van der Waals surface area contributed by atoms with E-state index in [2.05, 4.69) is 276 Å². The molecular weight excluding hydrogens is 897 g/mol. The minimum Gasteiger partial charge on any atom is -0.309 e. The highest BCUT2D eigenvalue weighted by Gasteiger charge is 2.18. The fourth-order valence-corrected chi connectivity index (χ4v) is 10.9. The summed E-state index contributed by atoms with van der Waals surface area (Å²) in [6.07, 6.45) is 3.82. The Hall–Kier alpha value is -9.90. The SMILES string of the molecule is c1ccc(-c2ccc3c(c2)c2cc(-c4ccccc4)ccc2n3-c2ccc(-c3cc(-c4ccnc(-c5ccc(-n6c7ccc(-c8ccccc8)cc7c7cc(-c8ccccc8)ccc76)cc5)c4)ccn3)cc2)cc1. The van der Waals surface area contributed by atoms with Crippen molar-refractivity contribution in [1.82, 2.24) is 19.1 Å². The minimum atomic E-state index is 0.914. The number of rotatable bonds is 9. The quantitative estimate of drug-likeness (QED) is 0.145. The summed E-state index contributed by atoms with van der Waals surface area (Å²) in [5, 5.41) is 4.90. The zero-order valence-corrected chi connectivity index (χ0v) is 40.3. The van der Waals surface area contributed by atoms with Gasteiger partial charge in [0.2, 0.25) is 0 Å². The molecule has 0 saturated heterocycles. The van der Waals surface area contributed by atoms with Gasteiger partial charge in [-0.05, 0) is 153 Å². The lowest BCUT2D eigenvalue weighted by atomic mass is 10.0. The van der Waals surface area contributed by atoms with Gasteiger partial charge in [-0.15, -0.1) is 0 Å². The van der Waals surface area contributed by atoms with Crippen molar-refractivity contribution in [1.29, 1.82) is 0 Å². The van der Waals surface area contributed by atoms with Crippen molar-refractivity contribution in [3.05, 3.63) is 279 Å². The molecule has 0 unspecified atom stereocenters. The van der Waals surface area contributed by atoms with Crippen molar-refractivity contribution in [3.63, 3.8) is 0 Å². The first-order valence-corrected chi connectivity index (χ1v) is 25.2. The van der Waals surface area contributed by atoms with Crippen molar-refractivity contribution in [2.24, 2.45) is 0 Å². The van der Waals surface area contributed by atoms with E-state index >= 15 is 0 Å². The van der Waals surface area contributed by atoms with Gasteiger partial charge in [0.15, 0.2) is 0 Å². The van der Waals surface area contributed by atoms with Crippen molar-refractivity contribution < 1.29 is 0 Å². The van der Waals surface area contributed by atoms with Gasteiger partial charge >= 0.3 is 0 Å². The molecule has 346 valence electrons. The first-order valence-electron chi connectivity index (χ1n) is 25.2. The lowest BCUT2D eigenvalue weighted by Gasteiger charge is -2.11.